The van der Waals surface area contributed by atoms with Crippen LogP contribution in [0, 0.1) is 0 Å². The van der Waals surface area contributed by atoms with E-state index in [-0.39, 0.29) is 12.7 Å². The summed E-state index contributed by atoms with van der Waals surface area (Å²) < 4.78 is 0. The molecule has 6 nitrogen and oxygen atoms in total. The molecule has 0 aliphatic carbocycles. The Morgan fingerprint density at radius 2 is 1.92 bits per heavy atom. The molecule has 0 aromatic heterocycles. The lowest BCUT2D eigenvalue weighted by molar-refractivity contribution is -0.123. The monoisotopic (exact) mass is 177 g/mol. The van der Waals surface area contributed by atoms with E-state index >= 15 is 0 Å². The fourth-order valence-corrected chi connectivity index (χ4v) is 0.665. The number of nitrogens with one attached hydrogen (secondary N) is 1. The Hall–Kier alpha value is -0.980. The van der Waals surface area contributed by atoms with Crippen LogP contribution >= 0.6 is 0 Å². The first-order valence-corrected chi connectivity index (χ1v) is 3.29. The summed E-state index contributed by atoms with van der Waals surface area (Å²) >= 11 is 0. The molecule has 0 aliphatic rings. The minimum absolute atomic E-state index is 0.125. The Balaban J connectivity index is 4.08. The van der Waals surface area contributed by atoms with Crippen molar-refractivity contribution in [3.05, 3.63) is 0 Å². The standard InChI is InChI=1S/C6H11NO5/c8-1-4(7-3-10)6(12)5(11)2-9/h2-6,8,11-12H,1H2,(H,7,10). The van der Waals surface area contributed by atoms with E-state index in [9.17, 15) is 9.59 Å². The van der Waals surface area contributed by atoms with E-state index in [1.165, 1.54) is 0 Å². The molecule has 1 amide bonds. The van der Waals surface area contributed by atoms with Gasteiger partial charge in [-0.15, -0.1) is 0 Å². The first-order valence-electron chi connectivity index (χ1n) is 3.29. The molecule has 3 atom stereocenters. The van der Waals surface area contributed by atoms with Crippen LogP contribution in [0.15, 0.2) is 0 Å². The van der Waals surface area contributed by atoms with Crippen molar-refractivity contribution in [2.24, 2.45) is 0 Å². The molecule has 0 spiro atoms. The molecule has 0 saturated heterocycles. The maximum Gasteiger partial charge on any atom is 0.207 e. The number of hydrogen-bond acceptors (Lipinski definition) is 5. The highest BCUT2D eigenvalue weighted by Crippen LogP contribution is 1.96. The van der Waals surface area contributed by atoms with Crippen LogP contribution < -0.4 is 5.32 Å². The molecule has 0 saturated carbocycles. The molecular weight excluding hydrogens is 166 g/mol. The maximum atomic E-state index is 9.96. The zero-order valence-electron chi connectivity index (χ0n) is 6.25. The van der Waals surface area contributed by atoms with E-state index in [1.807, 2.05) is 5.32 Å². The van der Waals surface area contributed by atoms with Gasteiger partial charge in [-0.25, -0.2) is 0 Å². The van der Waals surface area contributed by atoms with E-state index in [1.54, 1.807) is 0 Å². The van der Waals surface area contributed by atoms with Gasteiger partial charge in [-0.05, 0) is 0 Å². The average Bonchev–Trinajstić information content (AvgIpc) is 2.11. The smallest absolute Gasteiger partial charge is 0.207 e. The first-order chi connectivity index (χ1) is 5.67. The van der Waals surface area contributed by atoms with Gasteiger partial charge in [0, 0.05) is 0 Å². The summed E-state index contributed by atoms with van der Waals surface area (Å²) in [5.41, 5.74) is 0. The summed E-state index contributed by atoms with van der Waals surface area (Å²) in [4.78, 5) is 19.8. The summed E-state index contributed by atoms with van der Waals surface area (Å²) in [6.45, 7) is -0.551. The highest BCUT2D eigenvalue weighted by Gasteiger charge is 2.24. The van der Waals surface area contributed by atoms with Gasteiger partial charge in [0.15, 0.2) is 6.29 Å². The summed E-state index contributed by atoms with van der Waals surface area (Å²) in [6, 6.07) is -1.03. The number of aliphatic hydroxyl groups is 3. The van der Waals surface area contributed by atoms with Gasteiger partial charge in [0.1, 0.15) is 12.2 Å². The van der Waals surface area contributed by atoms with Crippen LogP contribution in [-0.2, 0) is 9.59 Å². The lowest BCUT2D eigenvalue weighted by atomic mass is 10.1. The van der Waals surface area contributed by atoms with Crippen molar-refractivity contribution in [2.45, 2.75) is 18.2 Å². The molecule has 0 heterocycles. The molecule has 0 bridgehead atoms. The van der Waals surface area contributed by atoms with Gasteiger partial charge in [-0.2, -0.15) is 0 Å². The van der Waals surface area contributed by atoms with Crippen LogP contribution in [0.3, 0.4) is 0 Å². The number of hydrogen-bond donors (Lipinski definition) is 4. The highest BCUT2D eigenvalue weighted by molar-refractivity contribution is 5.57. The maximum absolute atomic E-state index is 9.96. The fourth-order valence-electron chi connectivity index (χ4n) is 0.665. The minimum Gasteiger partial charge on any atom is -0.394 e. The van der Waals surface area contributed by atoms with Gasteiger partial charge in [-0.3, -0.25) is 4.79 Å². The Labute approximate surface area is 68.8 Å². The van der Waals surface area contributed by atoms with Crippen LogP contribution in [0.25, 0.3) is 0 Å². The molecule has 0 aromatic carbocycles. The summed E-state index contributed by atoms with van der Waals surface area (Å²) in [5, 5.41) is 28.4. The zero-order valence-corrected chi connectivity index (χ0v) is 6.25. The molecule has 70 valence electrons. The van der Waals surface area contributed by atoms with E-state index in [4.69, 9.17) is 15.3 Å². The van der Waals surface area contributed by atoms with Crippen molar-refractivity contribution in [3.63, 3.8) is 0 Å². The molecule has 6 heteroatoms. The third-order valence-corrected chi connectivity index (χ3v) is 1.38. The third kappa shape index (κ3) is 2.95. The third-order valence-electron chi connectivity index (χ3n) is 1.38. The summed E-state index contributed by atoms with van der Waals surface area (Å²) in [5.74, 6) is 0. The predicted octanol–water partition coefficient (Wildman–Crippen LogP) is -2.99. The second-order valence-corrected chi connectivity index (χ2v) is 2.19. The van der Waals surface area contributed by atoms with Crippen LogP contribution in [0.1, 0.15) is 0 Å². The molecule has 0 fully saturated rings. The quantitative estimate of drug-likeness (QED) is 0.324. The van der Waals surface area contributed by atoms with Crippen LogP contribution in [0.2, 0.25) is 0 Å². The van der Waals surface area contributed by atoms with E-state index in [0.29, 0.717) is 0 Å². The van der Waals surface area contributed by atoms with Crippen molar-refractivity contribution in [1.82, 2.24) is 5.32 Å². The van der Waals surface area contributed by atoms with E-state index < -0.39 is 24.9 Å². The summed E-state index contributed by atoms with van der Waals surface area (Å²) in [7, 11) is 0. The number of amides is 1. The lowest BCUT2D eigenvalue weighted by Gasteiger charge is -2.21. The summed E-state index contributed by atoms with van der Waals surface area (Å²) in [6.07, 6.45) is -2.70. The fraction of sp³-hybridized carbons (Fsp3) is 0.667. The van der Waals surface area contributed by atoms with Gasteiger partial charge >= 0.3 is 0 Å². The van der Waals surface area contributed by atoms with Gasteiger partial charge in [0.2, 0.25) is 6.41 Å². The van der Waals surface area contributed by atoms with Gasteiger partial charge in [0.05, 0.1) is 12.6 Å². The van der Waals surface area contributed by atoms with Crippen molar-refractivity contribution in [2.75, 3.05) is 6.61 Å². The number of aliphatic hydroxyl groups excluding tert-OH is 3. The van der Waals surface area contributed by atoms with Crippen molar-refractivity contribution in [3.8, 4) is 0 Å². The molecule has 3 unspecified atom stereocenters. The normalized spacial score (nSPS) is 17.6. The van der Waals surface area contributed by atoms with Crippen molar-refractivity contribution >= 4 is 12.7 Å². The SMILES string of the molecule is O=CNC(CO)C(O)C(O)C=O. The Kier molecular flexibility index (Phi) is 5.18. The Morgan fingerprint density at radius 1 is 1.33 bits per heavy atom. The Bertz CT molecular complexity index is 151. The van der Waals surface area contributed by atoms with Gasteiger partial charge in [-0.1, -0.05) is 0 Å². The van der Waals surface area contributed by atoms with Crippen LogP contribution in [-0.4, -0.2) is 52.9 Å². The second-order valence-electron chi connectivity index (χ2n) is 2.19. The Morgan fingerprint density at radius 3 is 2.25 bits per heavy atom. The zero-order chi connectivity index (χ0) is 9.56. The molecule has 0 aliphatic heterocycles. The van der Waals surface area contributed by atoms with Crippen molar-refractivity contribution < 1.29 is 24.9 Å². The molecule has 0 rings (SSSR count). The topological polar surface area (TPSA) is 107 Å². The van der Waals surface area contributed by atoms with Gasteiger partial charge in [0.25, 0.3) is 0 Å². The molecule has 12 heavy (non-hydrogen) atoms. The van der Waals surface area contributed by atoms with Crippen LogP contribution in [0.4, 0.5) is 0 Å². The molecule has 4 N–H and O–H groups in total. The van der Waals surface area contributed by atoms with Crippen LogP contribution in [0.5, 0.6) is 0 Å². The van der Waals surface area contributed by atoms with Crippen molar-refractivity contribution in [1.29, 1.82) is 0 Å². The van der Waals surface area contributed by atoms with E-state index in [0.717, 1.165) is 0 Å². The highest BCUT2D eigenvalue weighted by atomic mass is 16.3. The molecule has 0 aromatic rings. The van der Waals surface area contributed by atoms with E-state index in [2.05, 4.69) is 0 Å². The first kappa shape index (κ1) is 11.0. The largest absolute Gasteiger partial charge is 0.394 e. The second kappa shape index (κ2) is 5.64. The lowest BCUT2D eigenvalue weighted by Crippen LogP contribution is -2.48. The number of carbonyl (C=O) groups is 2. The number of rotatable bonds is 6. The van der Waals surface area contributed by atoms with Gasteiger partial charge < -0.3 is 25.4 Å². The number of aldehydes is 1. The number of carbonyl (C=O) groups excluding carboxylic acids is 2. The molecule has 0 radical (unpaired) electrons. The average molecular weight is 177 g/mol. The molecular formula is C6H11NO5. The minimum atomic E-state index is -1.60. The predicted molar refractivity (Wildman–Crippen MR) is 38.2 cm³/mol.